The lowest BCUT2D eigenvalue weighted by atomic mass is 9.85. The molecule has 1 aliphatic carbocycles. The Bertz CT molecular complexity index is 430. The maximum atomic E-state index is 13.7. The van der Waals surface area contributed by atoms with E-state index >= 15 is 0 Å². The highest BCUT2D eigenvalue weighted by atomic mass is 35.5. The lowest BCUT2D eigenvalue weighted by molar-refractivity contribution is -0.0897. The van der Waals surface area contributed by atoms with E-state index in [0.717, 1.165) is 19.4 Å². The van der Waals surface area contributed by atoms with Gasteiger partial charge in [0.1, 0.15) is 12.2 Å². The van der Waals surface area contributed by atoms with Crippen LogP contribution < -0.4 is 10.1 Å². The standard InChI is InChI=1S/C14H19ClFNO2/c1-3-7-17-10-8-12(14(10)18-2)19-11-6-4-5-9(15)13(11)16/h4-6,10,12,14,17H,3,7-8H2,1-2H3. The largest absolute Gasteiger partial charge is 0.484 e. The molecule has 0 aromatic heterocycles. The number of methoxy groups -OCH3 is 1. The van der Waals surface area contributed by atoms with Crippen molar-refractivity contribution in [2.45, 2.75) is 38.0 Å². The Hall–Kier alpha value is -0.840. The van der Waals surface area contributed by atoms with Gasteiger partial charge in [-0.25, -0.2) is 4.39 Å². The van der Waals surface area contributed by atoms with Crippen LogP contribution in [-0.4, -0.2) is 31.9 Å². The molecule has 1 saturated carbocycles. The number of benzene rings is 1. The lowest BCUT2D eigenvalue weighted by Gasteiger charge is -2.43. The molecule has 0 radical (unpaired) electrons. The zero-order valence-corrected chi connectivity index (χ0v) is 11.9. The van der Waals surface area contributed by atoms with Crippen molar-refractivity contribution in [1.82, 2.24) is 5.32 Å². The highest BCUT2D eigenvalue weighted by molar-refractivity contribution is 6.30. The van der Waals surface area contributed by atoms with Crippen molar-refractivity contribution < 1.29 is 13.9 Å². The smallest absolute Gasteiger partial charge is 0.183 e. The molecule has 1 aliphatic rings. The van der Waals surface area contributed by atoms with E-state index in [1.807, 2.05) is 0 Å². The summed E-state index contributed by atoms with van der Waals surface area (Å²) in [5.74, 6) is -0.322. The lowest BCUT2D eigenvalue weighted by Crippen LogP contribution is -2.61. The summed E-state index contributed by atoms with van der Waals surface area (Å²) in [5, 5.41) is 3.46. The summed E-state index contributed by atoms with van der Waals surface area (Å²) >= 11 is 5.73. The molecule has 0 saturated heterocycles. The Morgan fingerprint density at radius 2 is 2.26 bits per heavy atom. The topological polar surface area (TPSA) is 30.5 Å². The first-order valence-corrected chi connectivity index (χ1v) is 6.92. The van der Waals surface area contributed by atoms with Crippen LogP contribution in [0.2, 0.25) is 5.02 Å². The molecule has 0 bridgehead atoms. The first kappa shape index (κ1) is 14.6. The van der Waals surface area contributed by atoms with Gasteiger partial charge in [-0.05, 0) is 25.1 Å². The number of rotatable bonds is 6. The van der Waals surface area contributed by atoms with Crippen LogP contribution in [-0.2, 0) is 4.74 Å². The Kier molecular flexibility index (Phi) is 5.02. The molecule has 19 heavy (non-hydrogen) atoms. The molecule has 0 spiro atoms. The van der Waals surface area contributed by atoms with Gasteiger partial charge in [-0.15, -0.1) is 0 Å². The minimum Gasteiger partial charge on any atom is -0.484 e. The van der Waals surface area contributed by atoms with Crippen LogP contribution in [0, 0.1) is 5.82 Å². The van der Waals surface area contributed by atoms with Crippen molar-refractivity contribution in [2.24, 2.45) is 0 Å². The molecule has 5 heteroatoms. The van der Waals surface area contributed by atoms with Crippen molar-refractivity contribution in [2.75, 3.05) is 13.7 Å². The van der Waals surface area contributed by atoms with E-state index in [1.165, 1.54) is 6.07 Å². The molecule has 0 heterocycles. The molecule has 1 aromatic rings. The predicted octanol–water partition coefficient (Wildman–Crippen LogP) is 3.01. The fourth-order valence-corrected chi connectivity index (χ4v) is 2.45. The second kappa shape index (κ2) is 6.55. The second-order valence-corrected chi connectivity index (χ2v) is 5.11. The van der Waals surface area contributed by atoms with E-state index in [1.54, 1.807) is 19.2 Å². The van der Waals surface area contributed by atoms with Crippen LogP contribution in [0.15, 0.2) is 18.2 Å². The van der Waals surface area contributed by atoms with Gasteiger partial charge in [-0.1, -0.05) is 24.6 Å². The molecule has 3 nitrogen and oxygen atoms in total. The number of ether oxygens (including phenoxy) is 2. The fraction of sp³-hybridized carbons (Fsp3) is 0.571. The molecule has 1 aromatic carbocycles. The Morgan fingerprint density at radius 3 is 2.95 bits per heavy atom. The summed E-state index contributed by atoms with van der Waals surface area (Å²) in [7, 11) is 1.65. The van der Waals surface area contributed by atoms with Gasteiger partial charge in [0.15, 0.2) is 11.6 Å². The van der Waals surface area contributed by atoms with Gasteiger partial charge in [0, 0.05) is 19.6 Å². The van der Waals surface area contributed by atoms with Gasteiger partial charge >= 0.3 is 0 Å². The van der Waals surface area contributed by atoms with Crippen molar-refractivity contribution >= 4 is 11.6 Å². The van der Waals surface area contributed by atoms with Crippen LogP contribution in [0.3, 0.4) is 0 Å². The third-order valence-electron chi connectivity index (χ3n) is 3.37. The molecular formula is C14H19ClFNO2. The fourth-order valence-electron chi connectivity index (χ4n) is 2.28. The van der Waals surface area contributed by atoms with Gasteiger partial charge < -0.3 is 14.8 Å². The average Bonchev–Trinajstić information content (AvgIpc) is 2.38. The van der Waals surface area contributed by atoms with Crippen LogP contribution in [0.5, 0.6) is 5.75 Å². The zero-order chi connectivity index (χ0) is 13.8. The van der Waals surface area contributed by atoms with E-state index in [0.29, 0.717) is 0 Å². The molecule has 106 valence electrons. The second-order valence-electron chi connectivity index (χ2n) is 4.70. The molecule has 2 rings (SSSR count). The number of halogens is 2. The monoisotopic (exact) mass is 287 g/mol. The highest BCUT2D eigenvalue weighted by Crippen LogP contribution is 2.32. The van der Waals surface area contributed by atoms with Gasteiger partial charge in [-0.2, -0.15) is 0 Å². The van der Waals surface area contributed by atoms with Gasteiger partial charge in [0.25, 0.3) is 0 Å². The first-order chi connectivity index (χ1) is 9.17. The van der Waals surface area contributed by atoms with Gasteiger partial charge in [0.05, 0.1) is 5.02 Å². The summed E-state index contributed by atoms with van der Waals surface area (Å²) in [6, 6.07) is 5.04. The van der Waals surface area contributed by atoms with Gasteiger partial charge in [0.2, 0.25) is 0 Å². The highest BCUT2D eigenvalue weighted by Gasteiger charge is 2.43. The SMILES string of the molecule is CCCNC1CC(Oc2cccc(Cl)c2F)C1OC. The molecule has 0 aliphatic heterocycles. The van der Waals surface area contributed by atoms with E-state index in [9.17, 15) is 4.39 Å². The maximum Gasteiger partial charge on any atom is 0.183 e. The first-order valence-electron chi connectivity index (χ1n) is 6.54. The summed E-state index contributed by atoms with van der Waals surface area (Å²) in [6.07, 6.45) is 1.70. The average molecular weight is 288 g/mol. The third kappa shape index (κ3) is 3.19. The normalized spacial score (nSPS) is 26.0. The number of hydrogen-bond acceptors (Lipinski definition) is 3. The summed E-state index contributed by atoms with van der Waals surface area (Å²) in [4.78, 5) is 0. The number of nitrogens with one attached hydrogen (secondary N) is 1. The van der Waals surface area contributed by atoms with Crippen LogP contribution in [0.1, 0.15) is 19.8 Å². The molecule has 3 atom stereocenters. The quantitative estimate of drug-likeness (QED) is 0.872. The number of hydrogen-bond donors (Lipinski definition) is 1. The van der Waals surface area contributed by atoms with E-state index < -0.39 is 5.82 Å². The minimum atomic E-state index is -0.510. The van der Waals surface area contributed by atoms with E-state index in [2.05, 4.69) is 12.2 Å². The zero-order valence-electron chi connectivity index (χ0n) is 11.2. The van der Waals surface area contributed by atoms with Crippen molar-refractivity contribution in [1.29, 1.82) is 0 Å². The summed E-state index contributed by atoms with van der Waals surface area (Å²) in [6.45, 7) is 3.06. The van der Waals surface area contributed by atoms with Crippen molar-refractivity contribution in [3.8, 4) is 5.75 Å². The molecule has 1 fully saturated rings. The third-order valence-corrected chi connectivity index (χ3v) is 3.66. The van der Waals surface area contributed by atoms with E-state index in [4.69, 9.17) is 21.1 Å². The predicted molar refractivity (Wildman–Crippen MR) is 73.3 cm³/mol. The molecular weight excluding hydrogens is 269 g/mol. The summed E-state index contributed by atoms with van der Waals surface area (Å²) in [5.41, 5.74) is 0. The Morgan fingerprint density at radius 1 is 1.47 bits per heavy atom. The molecule has 3 unspecified atom stereocenters. The molecule has 0 amide bonds. The van der Waals surface area contributed by atoms with Crippen LogP contribution in [0.4, 0.5) is 4.39 Å². The molecule has 1 N–H and O–H groups in total. The maximum absolute atomic E-state index is 13.7. The van der Waals surface area contributed by atoms with E-state index in [-0.39, 0.29) is 29.0 Å². The van der Waals surface area contributed by atoms with Crippen molar-refractivity contribution in [3.05, 3.63) is 29.0 Å². The van der Waals surface area contributed by atoms with Crippen molar-refractivity contribution in [3.63, 3.8) is 0 Å². The van der Waals surface area contributed by atoms with Gasteiger partial charge in [-0.3, -0.25) is 0 Å². The summed E-state index contributed by atoms with van der Waals surface area (Å²) < 4.78 is 24.8. The Labute approximate surface area is 118 Å². The van der Waals surface area contributed by atoms with Crippen LogP contribution >= 0.6 is 11.6 Å². The van der Waals surface area contributed by atoms with Crippen LogP contribution in [0.25, 0.3) is 0 Å². The Balaban J connectivity index is 1.95. The minimum absolute atomic E-state index is 0.0510.